The quantitative estimate of drug-likeness (QED) is 0.629. The van der Waals surface area contributed by atoms with Crippen LogP contribution in [0.1, 0.15) is 45.9 Å². The highest BCUT2D eigenvalue weighted by atomic mass is 14.9. The molecule has 0 saturated heterocycles. The molecule has 0 unspecified atom stereocenters. The number of aliphatic imine (C=N–C) groups is 1. The lowest BCUT2D eigenvalue weighted by Crippen LogP contribution is -2.09. The standard InChI is InChI=1S/C11H18N2.C2H6/c1-11(2,3)9-6-10(7-12-4)13(5)8-9;1-2/h6-8H,1-5H3;1-2H3. The minimum Gasteiger partial charge on any atom is -0.350 e. The third kappa shape index (κ3) is 3.90. The number of aryl methyl sites for hydroxylation is 1. The Hall–Kier alpha value is -1.05. The van der Waals surface area contributed by atoms with Crippen LogP contribution in [-0.4, -0.2) is 17.8 Å². The lowest BCUT2D eigenvalue weighted by atomic mass is 9.89. The number of hydrogen-bond acceptors (Lipinski definition) is 1. The first-order chi connectivity index (χ1) is 6.95. The van der Waals surface area contributed by atoms with E-state index in [9.17, 15) is 0 Å². The molecular formula is C13H24N2. The Bertz CT molecular complexity index is 314. The van der Waals surface area contributed by atoms with E-state index in [0.717, 1.165) is 5.69 Å². The van der Waals surface area contributed by atoms with Gasteiger partial charge < -0.3 is 4.57 Å². The lowest BCUT2D eigenvalue weighted by molar-refractivity contribution is 0.589. The summed E-state index contributed by atoms with van der Waals surface area (Å²) < 4.78 is 2.10. The van der Waals surface area contributed by atoms with E-state index >= 15 is 0 Å². The highest BCUT2D eigenvalue weighted by Crippen LogP contribution is 2.23. The Labute approximate surface area is 94.0 Å². The van der Waals surface area contributed by atoms with E-state index < -0.39 is 0 Å². The highest BCUT2D eigenvalue weighted by molar-refractivity contribution is 5.78. The van der Waals surface area contributed by atoms with Crippen LogP contribution in [0.15, 0.2) is 17.3 Å². The van der Waals surface area contributed by atoms with Crippen molar-refractivity contribution in [2.45, 2.75) is 40.0 Å². The molecule has 0 bridgehead atoms. The molecule has 2 heteroatoms. The van der Waals surface area contributed by atoms with Gasteiger partial charge >= 0.3 is 0 Å². The molecule has 86 valence electrons. The Morgan fingerprint density at radius 3 is 2.13 bits per heavy atom. The van der Waals surface area contributed by atoms with Crippen LogP contribution in [0.25, 0.3) is 0 Å². The number of nitrogens with zero attached hydrogens (tertiary/aromatic N) is 2. The third-order valence-corrected chi connectivity index (χ3v) is 2.17. The normalized spacial score (nSPS) is 11.4. The van der Waals surface area contributed by atoms with E-state index in [1.54, 1.807) is 7.05 Å². The summed E-state index contributed by atoms with van der Waals surface area (Å²) in [6.45, 7) is 10.7. The second kappa shape index (κ2) is 5.74. The number of hydrogen-bond donors (Lipinski definition) is 0. The van der Waals surface area contributed by atoms with Gasteiger partial charge in [0, 0.05) is 26.5 Å². The minimum absolute atomic E-state index is 0.220. The van der Waals surface area contributed by atoms with Crippen LogP contribution in [0.2, 0.25) is 0 Å². The third-order valence-electron chi connectivity index (χ3n) is 2.17. The smallest absolute Gasteiger partial charge is 0.0588 e. The second-order valence-electron chi connectivity index (χ2n) is 4.40. The maximum atomic E-state index is 4.02. The second-order valence-corrected chi connectivity index (χ2v) is 4.40. The van der Waals surface area contributed by atoms with Crippen molar-refractivity contribution >= 4 is 6.21 Å². The minimum atomic E-state index is 0.220. The molecule has 0 N–H and O–H groups in total. The van der Waals surface area contributed by atoms with Crippen LogP contribution in [0.4, 0.5) is 0 Å². The van der Waals surface area contributed by atoms with Crippen molar-refractivity contribution in [2.24, 2.45) is 12.0 Å². The summed E-state index contributed by atoms with van der Waals surface area (Å²) in [4.78, 5) is 4.02. The molecule has 0 amide bonds. The fraction of sp³-hybridized carbons (Fsp3) is 0.615. The predicted octanol–water partition coefficient (Wildman–Crippen LogP) is 3.40. The van der Waals surface area contributed by atoms with E-state index in [2.05, 4.69) is 42.6 Å². The molecule has 0 atom stereocenters. The van der Waals surface area contributed by atoms with Crippen molar-refractivity contribution < 1.29 is 0 Å². The van der Waals surface area contributed by atoms with Gasteiger partial charge in [-0.3, -0.25) is 4.99 Å². The van der Waals surface area contributed by atoms with Crippen LogP contribution in [0, 0.1) is 0 Å². The van der Waals surface area contributed by atoms with Gasteiger partial charge in [-0.2, -0.15) is 0 Å². The van der Waals surface area contributed by atoms with Gasteiger partial charge in [-0.05, 0) is 17.0 Å². The summed E-state index contributed by atoms with van der Waals surface area (Å²) in [5, 5.41) is 0. The zero-order valence-corrected chi connectivity index (χ0v) is 11.1. The topological polar surface area (TPSA) is 17.3 Å². The van der Waals surface area contributed by atoms with E-state index in [4.69, 9.17) is 0 Å². The largest absolute Gasteiger partial charge is 0.350 e. The molecular weight excluding hydrogens is 184 g/mol. The summed E-state index contributed by atoms with van der Waals surface area (Å²) in [6.07, 6.45) is 4.05. The molecule has 1 aromatic heterocycles. The van der Waals surface area contributed by atoms with Crippen LogP contribution < -0.4 is 0 Å². The first kappa shape index (κ1) is 13.9. The van der Waals surface area contributed by atoms with Crippen molar-refractivity contribution in [3.05, 3.63) is 23.5 Å². The molecule has 15 heavy (non-hydrogen) atoms. The van der Waals surface area contributed by atoms with Gasteiger partial charge in [0.15, 0.2) is 0 Å². The zero-order chi connectivity index (χ0) is 12.1. The molecule has 0 aliphatic carbocycles. The number of rotatable bonds is 1. The average molecular weight is 208 g/mol. The molecule has 1 aromatic rings. The van der Waals surface area contributed by atoms with Crippen molar-refractivity contribution in [3.63, 3.8) is 0 Å². The summed E-state index contributed by atoms with van der Waals surface area (Å²) in [5.74, 6) is 0. The molecule has 2 nitrogen and oxygen atoms in total. The molecule has 1 rings (SSSR count). The molecule has 0 radical (unpaired) electrons. The van der Waals surface area contributed by atoms with Gasteiger partial charge in [0.2, 0.25) is 0 Å². The summed E-state index contributed by atoms with van der Waals surface area (Å²) in [6, 6.07) is 2.19. The Balaban J connectivity index is 0.000000921. The lowest BCUT2D eigenvalue weighted by Gasteiger charge is -2.15. The molecule has 0 aliphatic rings. The van der Waals surface area contributed by atoms with Gasteiger partial charge in [-0.25, -0.2) is 0 Å². The van der Waals surface area contributed by atoms with Gasteiger partial charge in [-0.15, -0.1) is 0 Å². The Kier molecular flexibility index (Phi) is 5.34. The van der Waals surface area contributed by atoms with E-state index in [1.165, 1.54) is 5.56 Å². The monoisotopic (exact) mass is 208 g/mol. The molecule has 0 saturated carbocycles. The maximum absolute atomic E-state index is 4.02. The Morgan fingerprint density at radius 2 is 1.80 bits per heavy atom. The van der Waals surface area contributed by atoms with Gasteiger partial charge in [-0.1, -0.05) is 34.6 Å². The van der Waals surface area contributed by atoms with Crippen LogP contribution in [0.5, 0.6) is 0 Å². The molecule has 0 spiro atoms. The fourth-order valence-corrected chi connectivity index (χ4v) is 1.25. The maximum Gasteiger partial charge on any atom is 0.0588 e. The van der Waals surface area contributed by atoms with Gasteiger partial charge in [0.05, 0.1) is 5.69 Å². The fourth-order valence-electron chi connectivity index (χ4n) is 1.25. The van der Waals surface area contributed by atoms with Crippen molar-refractivity contribution in [3.8, 4) is 0 Å². The van der Waals surface area contributed by atoms with E-state index in [-0.39, 0.29) is 5.41 Å². The Morgan fingerprint density at radius 1 is 1.27 bits per heavy atom. The first-order valence-electron chi connectivity index (χ1n) is 5.54. The van der Waals surface area contributed by atoms with Gasteiger partial charge in [0.25, 0.3) is 0 Å². The summed E-state index contributed by atoms with van der Waals surface area (Å²) >= 11 is 0. The van der Waals surface area contributed by atoms with Crippen molar-refractivity contribution in [1.29, 1.82) is 0 Å². The molecule has 1 heterocycles. The van der Waals surface area contributed by atoms with Crippen molar-refractivity contribution in [1.82, 2.24) is 4.57 Å². The molecule has 0 aliphatic heterocycles. The molecule has 0 fully saturated rings. The summed E-state index contributed by atoms with van der Waals surface area (Å²) in [7, 11) is 3.84. The predicted molar refractivity (Wildman–Crippen MR) is 69.0 cm³/mol. The SMILES string of the molecule is CC.CN=Cc1cc(C(C)(C)C)cn1C. The highest BCUT2D eigenvalue weighted by Gasteiger charge is 2.15. The first-order valence-corrected chi connectivity index (χ1v) is 5.54. The van der Waals surface area contributed by atoms with Crippen LogP contribution in [-0.2, 0) is 12.5 Å². The average Bonchev–Trinajstić information content (AvgIpc) is 2.52. The number of aromatic nitrogens is 1. The van der Waals surface area contributed by atoms with E-state index in [1.807, 2.05) is 27.1 Å². The summed E-state index contributed by atoms with van der Waals surface area (Å²) in [5.41, 5.74) is 2.73. The molecule has 0 aromatic carbocycles. The van der Waals surface area contributed by atoms with Gasteiger partial charge in [0.1, 0.15) is 0 Å². The van der Waals surface area contributed by atoms with Crippen LogP contribution >= 0.6 is 0 Å². The van der Waals surface area contributed by atoms with Crippen molar-refractivity contribution in [2.75, 3.05) is 7.05 Å². The zero-order valence-electron chi connectivity index (χ0n) is 11.1. The van der Waals surface area contributed by atoms with Crippen LogP contribution in [0.3, 0.4) is 0 Å². The van der Waals surface area contributed by atoms with E-state index in [0.29, 0.717) is 0 Å².